The van der Waals surface area contributed by atoms with E-state index in [1.807, 2.05) is 0 Å². The van der Waals surface area contributed by atoms with E-state index in [9.17, 15) is 9.59 Å². The predicted molar refractivity (Wildman–Crippen MR) is 48.6 cm³/mol. The first-order valence-corrected chi connectivity index (χ1v) is 4.29. The summed E-state index contributed by atoms with van der Waals surface area (Å²) in [6.07, 6.45) is 0.576. The van der Waals surface area contributed by atoms with Gasteiger partial charge in [0.25, 0.3) is 0 Å². The molecule has 0 aliphatic heterocycles. The van der Waals surface area contributed by atoms with Gasteiger partial charge in [0.2, 0.25) is 0 Å². The summed E-state index contributed by atoms with van der Waals surface area (Å²) in [5.74, 6) is -1.10. The van der Waals surface area contributed by atoms with E-state index < -0.39 is 5.92 Å². The number of esters is 2. The summed E-state index contributed by atoms with van der Waals surface area (Å²) in [4.78, 5) is 22.0. The summed E-state index contributed by atoms with van der Waals surface area (Å²) < 4.78 is 13.9. The standard InChI is InChI=1S/C9H16O5/c1-12-6-7(9(11)14-3)4-5-8(10)13-2/h7H,4-6H2,1-3H3. The van der Waals surface area contributed by atoms with Gasteiger partial charge in [-0.1, -0.05) is 0 Å². The Morgan fingerprint density at radius 1 is 1.14 bits per heavy atom. The van der Waals surface area contributed by atoms with Crippen LogP contribution in [-0.4, -0.2) is 39.9 Å². The van der Waals surface area contributed by atoms with Gasteiger partial charge in [-0.2, -0.15) is 0 Å². The molecule has 0 aromatic carbocycles. The Labute approximate surface area is 83.3 Å². The lowest BCUT2D eigenvalue weighted by atomic mass is 10.0. The number of carbonyl (C=O) groups is 2. The van der Waals surface area contributed by atoms with Crippen LogP contribution in [0.1, 0.15) is 12.8 Å². The summed E-state index contributed by atoms with van der Waals surface area (Å²) >= 11 is 0. The maximum Gasteiger partial charge on any atom is 0.311 e. The Balaban J connectivity index is 3.96. The van der Waals surface area contributed by atoms with E-state index in [1.54, 1.807) is 0 Å². The van der Waals surface area contributed by atoms with Crippen molar-refractivity contribution in [2.24, 2.45) is 5.92 Å². The average molecular weight is 204 g/mol. The van der Waals surface area contributed by atoms with Gasteiger partial charge >= 0.3 is 11.9 Å². The van der Waals surface area contributed by atoms with Crippen LogP contribution < -0.4 is 0 Å². The average Bonchev–Trinajstić information content (AvgIpc) is 2.22. The lowest BCUT2D eigenvalue weighted by Gasteiger charge is -2.12. The maximum atomic E-state index is 11.1. The van der Waals surface area contributed by atoms with Crippen LogP contribution >= 0.6 is 0 Å². The van der Waals surface area contributed by atoms with E-state index in [0.717, 1.165) is 0 Å². The second-order valence-corrected chi connectivity index (χ2v) is 2.79. The van der Waals surface area contributed by atoms with Crippen molar-refractivity contribution < 1.29 is 23.8 Å². The second kappa shape index (κ2) is 7.32. The van der Waals surface area contributed by atoms with E-state index in [2.05, 4.69) is 9.47 Å². The third-order valence-corrected chi connectivity index (χ3v) is 1.83. The van der Waals surface area contributed by atoms with Gasteiger partial charge in [-0.25, -0.2) is 0 Å². The molecule has 0 bridgehead atoms. The molecular weight excluding hydrogens is 188 g/mol. The second-order valence-electron chi connectivity index (χ2n) is 2.79. The molecule has 0 aliphatic rings. The van der Waals surface area contributed by atoms with Crippen molar-refractivity contribution in [1.82, 2.24) is 0 Å². The zero-order chi connectivity index (χ0) is 11.0. The minimum absolute atomic E-state index is 0.194. The van der Waals surface area contributed by atoms with Crippen molar-refractivity contribution in [3.05, 3.63) is 0 Å². The highest BCUT2D eigenvalue weighted by Crippen LogP contribution is 2.09. The van der Waals surface area contributed by atoms with Gasteiger partial charge in [-0.15, -0.1) is 0 Å². The fourth-order valence-electron chi connectivity index (χ4n) is 1.03. The Kier molecular flexibility index (Phi) is 6.74. The van der Waals surface area contributed by atoms with Crippen LogP contribution in [0, 0.1) is 5.92 Å². The third kappa shape index (κ3) is 4.81. The quantitative estimate of drug-likeness (QED) is 0.585. The fourth-order valence-corrected chi connectivity index (χ4v) is 1.03. The molecule has 0 aromatic rings. The van der Waals surface area contributed by atoms with Gasteiger partial charge < -0.3 is 14.2 Å². The first-order valence-electron chi connectivity index (χ1n) is 4.29. The monoisotopic (exact) mass is 204 g/mol. The SMILES string of the molecule is COCC(CCC(=O)OC)C(=O)OC. The molecule has 0 radical (unpaired) electrons. The molecule has 5 nitrogen and oxygen atoms in total. The highest BCUT2D eigenvalue weighted by molar-refractivity contribution is 5.74. The van der Waals surface area contributed by atoms with Crippen LogP contribution in [0.2, 0.25) is 0 Å². The summed E-state index contributed by atoms with van der Waals surface area (Å²) in [6, 6.07) is 0. The van der Waals surface area contributed by atoms with Crippen molar-refractivity contribution in [2.75, 3.05) is 27.9 Å². The lowest BCUT2D eigenvalue weighted by Crippen LogP contribution is -2.22. The highest BCUT2D eigenvalue weighted by atomic mass is 16.5. The molecule has 14 heavy (non-hydrogen) atoms. The third-order valence-electron chi connectivity index (χ3n) is 1.83. The number of hydrogen-bond donors (Lipinski definition) is 0. The van der Waals surface area contributed by atoms with Crippen molar-refractivity contribution in [1.29, 1.82) is 0 Å². The van der Waals surface area contributed by atoms with Crippen molar-refractivity contribution in [3.8, 4) is 0 Å². The van der Waals surface area contributed by atoms with Crippen LogP contribution in [0.3, 0.4) is 0 Å². The number of carbonyl (C=O) groups excluding carboxylic acids is 2. The zero-order valence-electron chi connectivity index (χ0n) is 8.74. The Bertz CT molecular complexity index is 190. The molecule has 0 fully saturated rings. The molecule has 5 heteroatoms. The number of rotatable bonds is 6. The first-order chi connectivity index (χ1) is 6.65. The van der Waals surface area contributed by atoms with Gasteiger partial charge in [-0.3, -0.25) is 9.59 Å². The van der Waals surface area contributed by atoms with Gasteiger partial charge in [0.15, 0.2) is 0 Å². The summed E-state index contributed by atoms with van der Waals surface area (Å²) in [7, 11) is 4.11. The molecule has 0 spiro atoms. The van der Waals surface area contributed by atoms with Crippen LogP contribution in [-0.2, 0) is 23.8 Å². The Morgan fingerprint density at radius 2 is 1.79 bits per heavy atom. The minimum Gasteiger partial charge on any atom is -0.469 e. The van der Waals surface area contributed by atoms with E-state index in [4.69, 9.17) is 4.74 Å². The Hall–Kier alpha value is -1.10. The molecule has 82 valence electrons. The molecule has 0 rings (SSSR count). The molecule has 0 saturated carbocycles. The van der Waals surface area contributed by atoms with Crippen LogP contribution in [0.15, 0.2) is 0 Å². The smallest absolute Gasteiger partial charge is 0.311 e. The molecule has 0 amide bonds. The molecular formula is C9H16O5. The summed E-state index contributed by atoms with van der Waals surface area (Å²) in [5, 5.41) is 0. The minimum atomic E-state index is -0.399. The van der Waals surface area contributed by atoms with Crippen molar-refractivity contribution >= 4 is 11.9 Å². The molecule has 0 aromatic heterocycles. The molecule has 0 N–H and O–H groups in total. The van der Waals surface area contributed by atoms with Gasteiger partial charge in [0, 0.05) is 13.5 Å². The highest BCUT2D eigenvalue weighted by Gasteiger charge is 2.20. The van der Waals surface area contributed by atoms with Crippen LogP contribution in [0.25, 0.3) is 0 Å². The van der Waals surface area contributed by atoms with Gasteiger partial charge in [0.1, 0.15) is 0 Å². The van der Waals surface area contributed by atoms with Crippen molar-refractivity contribution in [2.45, 2.75) is 12.8 Å². The zero-order valence-corrected chi connectivity index (χ0v) is 8.74. The van der Waals surface area contributed by atoms with E-state index >= 15 is 0 Å². The van der Waals surface area contributed by atoms with Crippen LogP contribution in [0.5, 0.6) is 0 Å². The fraction of sp³-hybridized carbons (Fsp3) is 0.778. The van der Waals surface area contributed by atoms with Gasteiger partial charge in [0.05, 0.1) is 26.7 Å². The topological polar surface area (TPSA) is 61.8 Å². The molecule has 0 heterocycles. The molecule has 0 aliphatic carbocycles. The Morgan fingerprint density at radius 3 is 2.21 bits per heavy atom. The van der Waals surface area contributed by atoms with Crippen LogP contribution in [0.4, 0.5) is 0 Å². The molecule has 1 unspecified atom stereocenters. The van der Waals surface area contributed by atoms with Gasteiger partial charge in [-0.05, 0) is 6.42 Å². The predicted octanol–water partition coefficient (Wildman–Crippen LogP) is 0.375. The number of hydrogen-bond acceptors (Lipinski definition) is 5. The summed E-state index contributed by atoms with van der Waals surface area (Å²) in [5.41, 5.74) is 0. The summed E-state index contributed by atoms with van der Waals surface area (Å²) in [6.45, 7) is 0.254. The van der Waals surface area contributed by atoms with Crippen molar-refractivity contribution in [3.63, 3.8) is 0 Å². The number of methoxy groups -OCH3 is 3. The molecule has 1 atom stereocenters. The van der Waals surface area contributed by atoms with E-state index in [1.165, 1.54) is 21.3 Å². The largest absolute Gasteiger partial charge is 0.469 e. The van der Waals surface area contributed by atoms with E-state index in [0.29, 0.717) is 6.42 Å². The number of ether oxygens (including phenoxy) is 3. The maximum absolute atomic E-state index is 11.1. The first kappa shape index (κ1) is 12.9. The van der Waals surface area contributed by atoms with E-state index in [-0.39, 0.29) is 25.0 Å². The normalized spacial score (nSPS) is 11.9. The lowest BCUT2D eigenvalue weighted by molar-refractivity contribution is -0.148. The molecule has 0 saturated heterocycles.